The standard InChI is InChI=1S/C20H34O4S/c1-2-3-8-11-17(20(23)24)18-14-16(15-19(18)22)25-13-10-7-5-4-6-9-12-21/h2-3,10,13,16-19,21-22H,4-9,11-12,14-15H2,1H3,(H,23,24). The van der Waals surface area contributed by atoms with Gasteiger partial charge in [0.2, 0.25) is 0 Å². The first-order valence-corrected chi connectivity index (χ1v) is 10.5. The van der Waals surface area contributed by atoms with Gasteiger partial charge in [-0.05, 0) is 63.2 Å². The molecular formula is C20H34O4S. The summed E-state index contributed by atoms with van der Waals surface area (Å²) in [4.78, 5) is 11.6. The third-order valence-electron chi connectivity index (χ3n) is 4.89. The largest absolute Gasteiger partial charge is 0.481 e. The maximum atomic E-state index is 11.6. The minimum Gasteiger partial charge on any atom is -0.481 e. The van der Waals surface area contributed by atoms with Gasteiger partial charge in [-0.15, -0.1) is 11.8 Å². The minimum atomic E-state index is -0.780. The molecule has 0 aromatic carbocycles. The summed E-state index contributed by atoms with van der Waals surface area (Å²) in [6, 6.07) is 0. The number of rotatable bonds is 13. The Labute approximate surface area is 156 Å². The molecular weight excluding hydrogens is 336 g/mol. The summed E-state index contributed by atoms with van der Waals surface area (Å²) in [6.07, 6.45) is 13.7. The van der Waals surface area contributed by atoms with Crippen molar-refractivity contribution in [1.29, 1.82) is 0 Å². The van der Waals surface area contributed by atoms with Crippen LogP contribution in [0.25, 0.3) is 0 Å². The Morgan fingerprint density at radius 2 is 1.92 bits per heavy atom. The van der Waals surface area contributed by atoms with Crippen LogP contribution < -0.4 is 0 Å². The van der Waals surface area contributed by atoms with Crippen LogP contribution >= 0.6 is 11.8 Å². The van der Waals surface area contributed by atoms with Gasteiger partial charge in [0.25, 0.3) is 0 Å². The van der Waals surface area contributed by atoms with E-state index in [2.05, 4.69) is 11.5 Å². The van der Waals surface area contributed by atoms with Gasteiger partial charge in [-0.25, -0.2) is 0 Å². The molecule has 5 heteroatoms. The first kappa shape index (κ1) is 22.3. The molecule has 144 valence electrons. The van der Waals surface area contributed by atoms with E-state index >= 15 is 0 Å². The zero-order valence-electron chi connectivity index (χ0n) is 15.3. The summed E-state index contributed by atoms with van der Waals surface area (Å²) in [5, 5.41) is 31.0. The highest BCUT2D eigenvalue weighted by atomic mass is 32.2. The van der Waals surface area contributed by atoms with Gasteiger partial charge in [0.15, 0.2) is 0 Å². The second-order valence-corrected chi connectivity index (χ2v) is 8.06. The van der Waals surface area contributed by atoms with Gasteiger partial charge >= 0.3 is 5.97 Å². The van der Waals surface area contributed by atoms with Gasteiger partial charge in [0.05, 0.1) is 12.0 Å². The second kappa shape index (κ2) is 13.4. The topological polar surface area (TPSA) is 77.8 Å². The molecule has 0 bridgehead atoms. The van der Waals surface area contributed by atoms with Crippen LogP contribution in [-0.2, 0) is 4.79 Å². The number of aliphatic hydroxyl groups excluding tert-OH is 2. The summed E-state index contributed by atoms with van der Waals surface area (Å²) in [6.45, 7) is 2.22. The number of carboxylic acid groups (broad SMARTS) is 1. The lowest BCUT2D eigenvalue weighted by molar-refractivity contribution is -0.145. The SMILES string of the molecule is CC=CCCC(C(=O)O)C1CC(SC=CCCCCCCO)CC1O. The zero-order chi connectivity index (χ0) is 18.5. The van der Waals surface area contributed by atoms with Crippen molar-refractivity contribution in [3.05, 3.63) is 23.6 Å². The molecule has 1 fully saturated rings. The fraction of sp³-hybridized carbons (Fsp3) is 0.750. The zero-order valence-corrected chi connectivity index (χ0v) is 16.2. The van der Waals surface area contributed by atoms with E-state index in [0.29, 0.717) is 18.1 Å². The van der Waals surface area contributed by atoms with Crippen molar-refractivity contribution in [3.63, 3.8) is 0 Å². The number of aliphatic hydroxyl groups is 2. The molecule has 1 aliphatic rings. The molecule has 0 aromatic heterocycles. The predicted octanol–water partition coefficient (Wildman–Crippen LogP) is 4.37. The quantitative estimate of drug-likeness (QED) is 0.331. The summed E-state index contributed by atoms with van der Waals surface area (Å²) in [7, 11) is 0. The number of hydrogen-bond acceptors (Lipinski definition) is 4. The minimum absolute atomic E-state index is 0.132. The fourth-order valence-corrected chi connectivity index (χ4v) is 4.58. The maximum absolute atomic E-state index is 11.6. The molecule has 0 spiro atoms. The van der Waals surface area contributed by atoms with Gasteiger partial charge in [-0.1, -0.05) is 31.1 Å². The Morgan fingerprint density at radius 1 is 1.16 bits per heavy atom. The van der Waals surface area contributed by atoms with Crippen molar-refractivity contribution >= 4 is 17.7 Å². The highest BCUT2D eigenvalue weighted by Crippen LogP contribution is 2.40. The van der Waals surface area contributed by atoms with E-state index in [-0.39, 0.29) is 12.5 Å². The van der Waals surface area contributed by atoms with Crippen LogP contribution in [0.3, 0.4) is 0 Å². The molecule has 0 radical (unpaired) electrons. The lowest BCUT2D eigenvalue weighted by Gasteiger charge is -2.22. The number of carboxylic acids is 1. The number of unbranched alkanes of at least 4 members (excludes halogenated alkanes) is 4. The molecule has 25 heavy (non-hydrogen) atoms. The van der Waals surface area contributed by atoms with E-state index in [4.69, 9.17) is 5.11 Å². The van der Waals surface area contributed by atoms with Crippen molar-refractivity contribution in [2.45, 2.75) is 76.1 Å². The maximum Gasteiger partial charge on any atom is 0.306 e. The smallest absolute Gasteiger partial charge is 0.306 e. The molecule has 0 aliphatic heterocycles. The summed E-state index contributed by atoms with van der Waals surface area (Å²) in [5.74, 6) is -1.36. The first-order chi connectivity index (χ1) is 12.1. The average molecular weight is 371 g/mol. The van der Waals surface area contributed by atoms with Crippen molar-refractivity contribution in [2.24, 2.45) is 11.8 Å². The van der Waals surface area contributed by atoms with Crippen molar-refractivity contribution in [2.75, 3.05) is 6.61 Å². The molecule has 0 saturated heterocycles. The molecule has 0 heterocycles. The summed E-state index contributed by atoms with van der Waals surface area (Å²) in [5.41, 5.74) is 0. The number of carbonyl (C=O) groups is 1. The molecule has 4 nitrogen and oxygen atoms in total. The van der Waals surface area contributed by atoms with Gasteiger partial charge in [0.1, 0.15) is 0 Å². The molecule has 1 saturated carbocycles. The monoisotopic (exact) mass is 370 g/mol. The van der Waals surface area contributed by atoms with Gasteiger partial charge in [0, 0.05) is 11.9 Å². The van der Waals surface area contributed by atoms with E-state index < -0.39 is 18.0 Å². The summed E-state index contributed by atoms with van der Waals surface area (Å²) >= 11 is 1.73. The molecule has 1 rings (SSSR count). The number of thioether (sulfide) groups is 1. The molecule has 4 atom stereocenters. The average Bonchev–Trinajstić information content (AvgIpc) is 2.94. The Morgan fingerprint density at radius 3 is 2.60 bits per heavy atom. The number of allylic oxidation sites excluding steroid dienone is 3. The van der Waals surface area contributed by atoms with E-state index in [1.54, 1.807) is 11.8 Å². The van der Waals surface area contributed by atoms with Crippen LogP contribution in [0.1, 0.15) is 64.7 Å². The highest BCUT2D eigenvalue weighted by Gasteiger charge is 2.40. The van der Waals surface area contributed by atoms with Crippen molar-refractivity contribution in [1.82, 2.24) is 0 Å². The predicted molar refractivity (Wildman–Crippen MR) is 105 cm³/mol. The van der Waals surface area contributed by atoms with Crippen LogP contribution in [0.15, 0.2) is 23.6 Å². The molecule has 4 unspecified atom stereocenters. The first-order valence-electron chi connectivity index (χ1n) is 9.53. The Hall–Kier alpha value is -0.780. The Kier molecular flexibility index (Phi) is 12.0. The van der Waals surface area contributed by atoms with Crippen LogP contribution in [-0.4, -0.2) is 39.2 Å². The van der Waals surface area contributed by atoms with E-state index in [1.165, 1.54) is 0 Å². The molecule has 1 aliphatic carbocycles. The second-order valence-electron chi connectivity index (χ2n) is 6.85. The van der Waals surface area contributed by atoms with E-state index in [0.717, 1.165) is 44.9 Å². The van der Waals surface area contributed by atoms with Crippen LogP contribution in [0.5, 0.6) is 0 Å². The normalized spacial score (nSPS) is 25.2. The Balaban J connectivity index is 2.34. The lowest BCUT2D eigenvalue weighted by Crippen LogP contribution is -2.29. The van der Waals surface area contributed by atoms with Crippen molar-refractivity contribution < 1.29 is 20.1 Å². The van der Waals surface area contributed by atoms with E-state index in [9.17, 15) is 15.0 Å². The Bertz CT molecular complexity index is 422. The van der Waals surface area contributed by atoms with Crippen LogP contribution in [0.2, 0.25) is 0 Å². The molecule has 3 N–H and O–H groups in total. The van der Waals surface area contributed by atoms with Crippen LogP contribution in [0, 0.1) is 11.8 Å². The van der Waals surface area contributed by atoms with Gasteiger partial charge in [-0.2, -0.15) is 0 Å². The van der Waals surface area contributed by atoms with Gasteiger partial charge < -0.3 is 15.3 Å². The van der Waals surface area contributed by atoms with Crippen LogP contribution in [0.4, 0.5) is 0 Å². The number of aliphatic carboxylic acids is 1. The number of hydrogen-bond donors (Lipinski definition) is 3. The fourth-order valence-electron chi connectivity index (χ4n) is 3.47. The third kappa shape index (κ3) is 8.93. The molecule has 0 aromatic rings. The lowest BCUT2D eigenvalue weighted by atomic mass is 9.86. The highest BCUT2D eigenvalue weighted by molar-refractivity contribution is 8.02. The molecule has 0 amide bonds. The van der Waals surface area contributed by atoms with E-state index in [1.807, 2.05) is 19.1 Å². The van der Waals surface area contributed by atoms with Gasteiger partial charge in [-0.3, -0.25) is 4.79 Å². The van der Waals surface area contributed by atoms with Crippen molar-refractivity contribution in [3.8, 4) is 0 Å². The summed E-state index contributed by atoms with van der Waals surface area (Å²) < 4.78 is 0. The third-order valence-corrected chi connectivity index (χ3v) is 6.01.